The van der Waals surface area contributed by atoms with Gasteiger partial charge in [0.2, 0.25) is 0 Å². The average molecular weight is 479 g/mol. The molecule has 9 heteroatoms. The molecule has 4 aromatic rings. The second kappa shape index (κ2) is 9.93. The number of fused-ring (bicyclic) bond motifs is 1. The van der Waals surface area contributed by atoms with E-state index in [1.54, 1.807) is 41.1 Å². The van der Waals surface area contributed by atoms with E-state index in [9.17, 15) is 9.59 Å². The lowest BCUT2D eigenvalue weighted by Crippen LogP contribution is -2.26. The lowest BCUT2D eigenvalue weighted by molar-refractivity contribution is -0.144. The Bertz CT molecular complexity index is 1340. The number of benzene rings is 3. The molecule has 174 valence electrons. The third-order valence-electron chi connectivity index (χ3n) is 5.42. The van der Waals surface area contributed by atoms with Crippen LogP contribution in [0.25, 0.3) is 11.0 Å². The topological polar surface area (TPSA) is 106 Å². The number of carboxylic acids is 1. The summed E-state index contributed by atoms with van der Waals surface area (Å²) in [5.74, 6) is -0.866. The van der Waals surface area contributed by atoms with E-state index in [1.165, 1.54) is 6.92 Å². The summed E-state index contributed by atoms with van der Waals surface area (Å²) in [4.78, 5) is 23.8. The normalized spacial score (nSPS) is 12.8. The number of carboxylic acid groups (broad SMARTS) is 1. The zero-order chi connectivity index (χ0) is 24.2. The van der Waals surface area contributed by atoms with Crippen LogP contribution in [0, 0.1) is 0 Å². The molecule has 1 unspecified atom stereocenters. The molecule has 0 bridgehead atoms. The number of carbonyl (C=O) groups is 2. The van der Waals surface area contributed by atoms with Gasteiger partial charge in [0.1, 0.15) is 11.3 Å². The Hall–Kier alpha value is -3.91. The van der Waals surface area contributed by atoms with Gasteiger partial charge in [-0.2, -0.15) is 0 Å². The summed E-state index contributed by atoms with van der Waals surface area (Å²) >= 11 is 6.34. The van der Waals surface area contributed by atoms with Crippen molar-refractivity contribution in [2.45, 2.75) is 32.5 Å². The summed E-state index contributed by atoms with van der Waals surface area (Å²) in [6, 6.07) is 19.8. The summed E-state index contributed by atoms with van der Waals surface area (Å²) < 4.78 is 7.10. The molecule has 3 aromatic carbocycles. The molecule has 1 heterocycles. The van der Waals surface area contributed by atoms with Crippen LogP contribution in [-0.4, -0.2) is 38.1 Å². The van der Waals surface area contributed by atoms with Gasteiger partial charge in [0.25, 0.3) is 5.91 Å². The maximum absolute atomic E-state index is 12.7. The van der Waals surface area contributed by atoms with Crippen LogP contribution in [0.2, 0.25) is 5.02 Å². The number of rotatable bonds is 8. The van der Waals surface area contributed by atoms with Gasteiger partial charge in [-0.1, -0.05) is 47.1 Å². The van der Waals surface area contributed by atoms with E-state index < -0.39 is 12.1 Å². The van der Waals surface area contributed by atoms with Crippen molar-refractivity contribution in [3.63, 3.8) is 0 Å². The van der Waals surface area contributed by atoms with Crippen molar-refractivity contribution < 1.29 is 19.4 Å². The molecule has 0 aliphatic carbocycles. The molecule has 2 atom stereocenters. The zero-order valence-electron chi connectivity index (χ0n) is 18.6. The van der Waals surface area contributed by atoms with Crippen LogP contribution in [-0.2, 0) is 11.3 Å². The van der Waals surface area contributed by atoms with E-state index in [4.69, 9.17) is 21.4 Å². The molecule has 0 aliphatic heterocycles. The highest BCUT2D eigenvalue weighted by atomic mass is 35.5. The lowest BCUT2D eigenvalue weighted by Gasteiger charge is -2.14. The maximum Gasteiger partial charge on any atom is 0.344 e. The molecule has 0 aliphatic rings. The number of amides is 1. The van der Waals surface area contributed by atoms with Crippen molar-refractivity contribution in [3.05, 3.63) is 88.4 Å². The number of aliphatic carboxylic acids is 1. The number of carbonyl (C=O) groups excluding carboxylic acids is 1. The SMILES string of the molecule is CC(Oc1ccc(Cl)c(Cn2nnc3cc(C(=O)N[C@@H](C)c4ccccc4)ccc32)c1)C(=O)O. The van der Waals surface area contributed by atoms with Crippen LogP contribution < -0.4 is 10.1 Å². The van der Waals surface area contributed by atoms with E-state index in [0.717, 1.165) is 11.1 Å². The minimum atomic E-state index is -1.06. The van der Waals surface area contributed by atoms with Gasteiger partial charge >= 0.3 is 5.97 Å². The fourth-order valence-electron chi connectivity index (χ4n) is 3.50. The Labute approximate surface area is 201 Å². The van der Waals surface area contributed by atoms with Crippen LogP contribution in [0.1, 0.15) is 41.4 Å². The highest BCUT2D eigenvalue weighted by Crippen LogP contribution is 2.25. The van der Waals surface area contributed by atoms with Gasteiger partial charge < -0.3 is 15.2 Å². The molecule has 0 radical (unpaired) electrons. The summed E-state index contributed by atoms with van der Waals surface area (Å²) in [6.45, 7) is 3.68. The van der Waals surface area contributed by atoms with E-state index in [1.807, 2.05) is 37.3 Å². The quantitative estimate of drug-likeness (QED) is 0.387. The Kier molecular flexibility index (Phi) is 6.79. The maximum atomic E-state index is 12.7. The second-order valence-corrected chi connectivity index (χ2v) is 8.32. The van der Waals surface area contributed by atoms with Gasteiger partial charge in [0, 0.05) is 10.6 Å². The number of halogens is 1. The molecule has 2 N–H and O–H groups in total. The Morgan fingerprint density at radius 3 is 2.59 bits per heavy atom. The van der Waals surface area contributed by atoms with E-state index in [0.29, 0.717) is 34.0 Å². The van der Waals surface area contributed by atoms with Gasteiger partial charge in [-0.05, 0) is 61.4 Å². The predicted octanol–water partition coefficient (Wildman–Crippen LogP) is 4.48. The molecule has 34 heavy (non-hydrogen) atoms. The van der Waals surface area contributed by atoms with Crippen molar-refractivity contribution in [2.75, 3.05) is 0 Å². The molecular weight excluding hydrogens is 456 g/mol. The lowest BCUT2D eigenvalue weighted by atomic mass is 10.1. The van der Waals surface area contributed by atoms with E-state index in [-0.39, 0.29) is 11.9 Å². The number of hydrogen-bond acceptors (Lipinski definition) is 5. The number of nitrogens with one attached hydrogen (secondary N) is 1. The molecule has 8 nitrogen and oxygen atoms in total. The van der Waals surface area contributed by atoms with Crippen molar-refractivity contribution in [1.29, 1.82) is 0 Å². The van der Waals surface area contributed by atoms with Crippen LogP contribution in [0.5, 0.6) is 5.75 Å². The third kappa shape index (κ3) is 5.18. The third-order valence-corrected chi connectivity index (χ3v) is 5.79. The largest absolute Gasteiger partial charge is 0.479 e. The van der Waals surface area contributed by atoms with Crippen LogP contribution in [0.15, 0.2) is 66.7 Å². The number of ether oxygens (including phenoxy) is 1. The van der Waals surface area contributed by atoms with Crippen LogP contribution >= 0.6 is 11.6 Å². The summed E-state index contributed by atoms with van der Waals surface area (Å²) in [5, 5.41) is 20.9. The summed E-state index contributed by atoms with van der Waals surface area (Å²) in [7, 11) is 0. The molecular formula is C25H23ClN4O4. The highest BCUT2D eigenvalue weighted by Gasteiger charge is 2.16. The standard InChI is InChI=1S/C25H23ClN4O4/c1-15(17-6-4-3-5-7-17)27-24(31)18-8-11-23-22(13-18)28-29-30(23)14-19-12-20(9-10-21(19)26)34-16(2)25(32)33/h3-13,15-16H,14H2,1-2H3,(H,27,31)(H,32,33)/t15-,16?/m0/s1. The van der Waals surface area contributed by atoms with Crippen molar-refractivity contribution >= 4 is 34.5 Å². The number of aromatic nitrogens is 3. The molecule has 0 saturated heterocycles. The molecule has 1 aromatic heterocycles. The first-order valence-electron chi connectivity index (χ1n) is 10.7. The molecule has 0 fully saturated rings. The van der Waals surface area contributed by atoms with Gasteiger partial charge in [-0.15, -0.1) is 5.10 Å². The Balaban J connectivity index is 1.51. The smallest absolute Gasteiger partial charge is 0.344 e. The average Bonchev–Trinajstić information content (AvgIpc) is 3.23. The number of hydrogen-bond donors (Lipinski definition) is 2. The molecule has 0 spiro atoms. The van der Waals surface area contributed by atoms with Crippen molar-refractivity contribution in [3.8, 4) is 5.75 Å². The minimum absolute atomic E-state index is 0.138. The highest BCUT2D eigenvalue weighted by molar-refractivity contribution is 6.31. The summed E-state index contributed by atoms with van der Waals surface area (Å²) in [6.07, 6.45) is -0.990. The van der Waals surface area contributed by atoms with Crippen molar-refractivity contribution in [1.82, 2.24) is 20.3 Å². The van der Waals surface area contributed by atoms with Gasteiger partial charge in [0.15, 0.2) is 6.10 Å². The number of nitrogens with zero attached hydrogens (tertiary/aromatic N) is 3. The summed E-state index contributed by atoms with van der Waals surface area (Å²) in [5.41, 5.74) is 3.50. The first kappa shape index (κ1) is 23.3. The second-order valence-electron chi connectivity index (χ2n) is 7.91. The van der Waals surface area contributed by atoms with Crippen molar-refractivity contribution in [2.24, 2.45) is 0 Å². The van der Waals surface area contributed by atoms with Crippen LogP contribution in [0.4, 0.5) is 0 Å². The van der Waals surface area contributed by atoms with E-state index in [2.05, 4.69) is 15.6 Å². The zero-order valence-corrected chi connectivity index (χ0v) is 19.4. The Morgan fingerprint density at radius 2 is 1.85 bits per heavy atom. The molecule has 4 rings (SSSR count). The van der Waals surface area contributed by atoms with E-state index >= 15 is 0 Å². The molecule has 1 amide bonds. The fraction of sp³-hybridized carbons (Fsp3) is 0.200. The Morgan fingerprint density at radius 1 is 1.09 bits per heavy atom. The van der Waals surface area contributed by atoms with Crippen LogP contribution in [0.3, 0.4) is 0 Å². The first-order chi connectivity index (χ1) is 16.3. The van der Waals surface area contributed by atoms with Gasteiger partial charge in [-0.3, -0.25) is 4.79 Å². The van der Waals surface area contributed by atoms with Gasteiger partial charge in [-0.25, -0.2) is 9.48 Å². The fourth-order valence-corrected chi connectivity index (χ4v) is 3.67. The predicted molar refractivity (Wildman–Crippen MR) is 128 cm³/mol. The minimum Gasteiger partial charge on any atom is -0.479 e. The molecule has 0 saturated carbocycles. The van der Waals surface area contributed by atoms with Gasteiger partial charge in [0.05, 0.1) is 18.1 Å². The first-order valence-corrected chi connectivity index (χ1v) is 11.1. The monoisotopic (exact) mass is 478 g/mol.